The number of pyridine rings is 1. The van der Waals surface area contributed by atoms with E-state index in [0.29, 0.717) is 31.5 Å². The highest BCUT2D eigenvalue weighted by Gasteiger charge is 2.32. The summed E-state index contributed by atoms with van der Waals surface area (Å²) in [6.07, 6.45) is 5.81. The summed E-state index contributed by atoms with van der Waals surface area (Å²) < 4.78 is 40.1. The Morgan fingerprint density at radius 2 is 2.07 bits per heavy atom. The van der Waals surface area contributed by atoms with Crippen LogP contribution in [0.3, 0.4) is 0 Å². The van der Waals surface area contributed by atoms with E-state index in [0.717, 1.165) is 5.56 Å². The predicted octanol–water partition coefficient (Wildman–Crippen LogP) is 2.22. The van der Waals surface area contributed by atoms with E-state index < -0.39 is 15.8 Å². The van der Waals surface area contributed by atoms with Gasteiger partial charge in [-0.3, -0.25) is 9.78 Å². The van der Waals surface area contributed by atoms with Crippen LogP contribution in [0.25, 0.3) is 0 Å². The van der Waals surface area contributed by atoms with Crippen LogP contribution in [0.15, 0.2) is 48.8 Å². The molecule has 1 fully saturated rings. The molecule has 1 aromatic carbocycles. The molecule has 0 spiro atoms. The summed E-state index contributed by atoms with van der Waals surface area (Å²) in [5.41, 5.74) is 1.15. The van der Waals surface area contributed by atoms with Crippen molar-refractivity contribution < 1.29 is 17.6 Å². The van der Waals surface area contributed by atoms with E-state index in [9.17, 15) is 17.6 Å². The number of hydrogen-bond donors (Lipinski definition) is 0. The molecule has 1 unspecified atom stereocenters. The van der Waals surface area contributed by atoms with Crippen molar-refractivity contribution in [3.63, 3.8) is 0 Å². The quantitative estimate of drug-likeness (QED) is 0.739. The van der Waals surface area contributed by atoms with Gasteiger partial charge < -0.3 is 4.90 Å². The minimum atomic E-state index is -3.47. The molecule has 0 aliphatic carbocycles. The lowest BCUT2D eigenvalue weighted by atomic mass is 10.0. The standard InChI is InChI=1S/C20H24FN3O3S/c1-28(26,27)24(14-16-6-4-10-22-13-16)18-8-5-11-23(15-18)20(25)12-17-7-2-3-9-19(17)21/h2-4,6-7,9-10,13,18H,5,8,11-12,14-15H2,1H3. The van der Waals surface area contributed by atoms with Crippen LogP contribution in [0.2, 0.25) is 0 Å². The van der Waals surface area contributed by atoms with Crippen molar-refractivity contribution in [3.05, 3.63) is 65.7 Å². The van der Waals surface area contributed by atoms with E-state index >= 15 is 0 Å². The number of likely N-dealkylation sites (tertiary alicyclic amines) is 1. The van der Waals surface area contributed by atoms with Crippen LogP contribution < -0.4 is 0 Å². The maximum Gasteiger partial charge on any atom is 0.227 e. The summed E-state index contributed by atoms with van der Waals surface area (Å²) in [5.74, 6) is -0.594. The van der Waals surface area contributed by atoms with Gasteiger partial charge in [-0.15, -0.1) is 0 Å². The molecule has 6 nitrogen and oxygen atoms in total. The highest BCUT2D eigenvalue weighted by molar-refractivity contribution is 7.88. The second kappa shape index (κ2) is 8.79. The Morgan fingerprint density at radius 3 is 2.75 bits per heavy atom. The lowest BCUT2D eigenvalue weighted by Gasteiger charge is -2.38. The first-order chi connectivity index (χ1) is 13.3. The van der Waals surface area contributed by atoms with Crippen molar-refractivity contribution in [2.45, 2.75) is 31.8 Å². The van der Waals surface area contributed by atoms with Crippen molar-refractivity contribution >= 4 is 15.9 Å². The Balaban J connectivity index is 1.72. The fourth-order valence-corrected chi connectivity index (χ4v) is 4.62. The number of nitrogens with zero attached hydrogens (tertiary/aromatic N) is 3. The molecule has 3 rings (SSSR count). The van der Waals surface area contributed by atoms with E-state index in [1.54, 1.807) is 41.6 Å². The maximum atomic E-state index is 13.9. The summed E-state index contributed by atoms with van der Waals surface area (Å²) in [5, 5.41) is 0. The molecule has 1 aliphatic heterocycles. The van der Waals surface area contributed by atoms with Crippen molar-refractivity contribution in [1.29, 1.82) is 0 Å². The molecule has 0 N–H and O–H groups in total. The van der Waals surface area contributed by atoms with Crippen molar-refractivity contribution in [2.24, 2.45) is 0 Å². The van der Waals surface area contributed by atoms with Crippen LogP contribution in [0.1, 0.15) is 24.0 Å². The molecule has 28 heavy (non-hydrogen) atoms. The Kier molecular flexibility index (Phi) is 6.41. The van der Waals surface area contributed by atoms with Gasteiger partial charge in [0.15, 0.2) is 0 Å². The molecule has 0 radical (unpaired) electrons. The van der Waals surface area contributed by atoms with Crippen molar-refractivity contribution in [3.8, 4) is 0 Å². The van der Waals surface area contributed by atoms with Gasteiger partial charge in [-0.2, -0.15) is 4.31 Å². The van der Waals surface area contributed by atoms with Gasteiger partial charge in [0.25, 0.3) is 0 Å². The molecule has 1 atom stereocenters. The normalized spacial score (nSPS) is 17.7. The summed E-state index contributed by atoms with van der Waals surface area (Å²) in [7, 11) is -3.47. The number of rotatable bonds is 6. The van der Waals surface area contributed by atoms with Crippen LogP contribution in [-0.2, 0) is 27.8 Å². The minimum Gasteiger partial charge on any atom is -0.341 e. The van der Waals surface area contributed by atoms with Crippen LogP contribution in [0, 0.1) is 5.82 Å². The summed E-state index contributed by atoms with van der Waals surface area (Å²) in [6.45, 7) is 1.07. The van der Waals surface area contributed by atoms with Crippen molar-refractivity contribution in [1.82, 2.24) is 14.2 Å². The molecule has 1 amide bonds. The Morgan fingerprint density at radius 1 is 1.29 bits per heavy atom. The fraction of sp³-hybridized carbons (Fsp3) is 0.400. The van der Waals surface area contributed by atoms with E-state index in [1.165, 1.54) is 16.6 Å². The largest absolute Gasteiger partial charge is 0.341 e. The SMILES string of the molecule is CS(=O)(=O)N(Cc1cccnc1)C1CCCN(C(=O)Cc2ccccc2F)C1. The van der Waals surface area contributed by atoms with Crippen LogP contribution >= 0.6 is 0 Å². The maximum absolute atomic E-state index is 13.9. The van der Waals surface area contributed by atoms with Gasteiger partial charge in [-0.1, -0.05) is 24.3 Å². The number of aromatic nitrogens is 1. The molecule has 8 heteroatoms. The van der Waals surface area contributed by atoms with Gasteiger partial charge in [0, 0.05) is 38.1 Å². The monoisotopic (exact) mass is 405 g/mol. The van der Waals surface area contributed by atoms with E-state index in [4.69, 9.17) is 0 Å². The third-order valence-corrected chi connectivity index (χ3v) is 6.22. The lowest BCUT2D eigenvalue weighted by molar-refractivity contribution is -0.132. The molecular weight excluding hydrogens is 381 g/mol. The predicted molar refractivity (Wildman–Crippen MR) is 104 cm³/mol. The van der Waals surface area contributed by atoms with Gasteiger partial charge in [-0.25, -0.2) is 12.8 Å². The second-order valence-corrected chi connectivity index (χ2v) is 9.01. The summed E-state index contributed by atoms with van der Waals surface area (Å²) in [4.78, 5) is 18.4. The van der Waals surface area contributed by atoms with Gasteiger partial charge in [0.05, 0.1) is 12.7 Å². The molecule has 0 saturated carbocycles. The first-order valence-corrected chi connectivity index (χ1v) is 11.1. The number of carbonyl (C=O) groups excluding carboxylic acids is 1. The number of sulfonamides is 1. The first kappa shape index (κ1) is 20.4. The number of hydrogen-bond acceptors (Lipinski definition) is 4. The molecular formula is C20H24FN3O3S. The zero-order valence-electron chi connectivity index (χ0n) is 15.8. The fourth-order valence-electron chi connectivity index (χ4n) is 3.52. The molecule has 2 aromatic rings. The number of carbonyl (C=O) groups is 1. The smallest absolute Gasteiger partial charge is 0.227 e. The first-order valence-electron chi connectivity index (χ1n) is 9.21. The molecule has 1 aromatic heterocycles. The Labute approximate surface area is 165 Å². The molecule has 150 valence electrons. The van der Waals surface area contributed by atoms with Crippen LogP contribution in [0.5, 0.6) is 0 Å². The van der Waals surface area contributed by atoms with Gasteiger partial charge in [0.2, 0.25) is 15.9 Å². The Bertz CT molecular complexity index is 921. The average molecular weight is 405 g/mol. The number of amides is 1. The summed E-state index contributed by atoms with van der Waals surface area (Å²) >= 11 is 0. The topological polar surface area (TPSA) is 70.6 Å². The van der Waals surface area contributed by atoms with Gasteiger partial charge in [0.1, 0.15) is 5.82 Å². The molecule has 1 saturated heterocycles. The minimum absolute atomic E-state index is 0.0269. The number of halogens is 1. The molecule has 2 heterocycles. The third-order valence-electron chi connectivity index (χ3n) is 4.94. The highest BCUT2D eigenvalue weighted by atomic mass is 32.2. The number of piperidine rings is 1. The zero-order chi connectivity index (χ0) is 20.1. The zero-order valence-corrected chi connectivity index (χ0v) is 16.6. The van der Waals surface area contributed by atoms with Gasteiger partial charge in [-0.05, 0) is 36.1 Å². The van der Waals surface area contributed by atoms with Gasteiger partial charge >= 0.3 is 0 Å². The average Bonchev–Trinajstić information content (AvgIpc) is 2.68. The van der Waals surface area contributed by atoms with E-state index in [-0.39, 0.29) is 24.9 Å². The molecule has 1 aliphatic rings. The third kappa shape index (κ3) is 5.14. The van der Waals surface area contributed by atoms with Crippen LogP contribution in [-0.4, -0.2) is 53.9 Å². The lowest BCUT2D eigenvalue weighted by Crippen LogP contribution is -2.51. The highest BCUT2D eigenvalue weighted by Crippen LogP contribution is 2.22. The van der Waals surface area contributed by atoms with Crippen LogP contribution in [0.4, 0.5) is 4.39 Å². The van der Waals surface area contributed by atoms with E-state index in [1.807, 2.05) is 6.07 Å². The second-order valence-electron chi connectivity index (χ2n) is 7.07. The molecule has 0 bridgehead atoms. The number of benzene rings is 1. The Hall–Kier alpha value is -2.32. The summed E-state index contributed by atoms with van der Waals surface area (Å²) in [6, 6.07) is 9.50. The van der Waals surface area contributed by atoms with E-state index in [2.05, 4.69) is 4.98 Å². The van der Waals surface area contributed by atoms with Crippen molar-refractivity contribution in [2.75, 3.05) is 19.3 Å².